The summed E-state index contributed by atoms with van der Waals surface area (Å²) in [6.07, 6.45) is -2.28. The highest BCUT2D eigenvalue weighted by Crippen LogP contribution is 2.36. The van der Waals surface area contributed by atoms with Gasteiger partial charge in [-0.3, -0.25) is 9.89 Å². The Morgan fingerprint density at radius 2 is 1.96 bits per heavy atom. The molecule has 28 heavy (non-hydrogen) atoms. The summed E-state index contributed by atoms with van der Waals surface area (Å²) in [7, 11) is 0. The van der Waals surface area contributed by atoms with Gasteiger partial charge >= 0.3 is 6.18 Å². The molecule has 0 atom stereocenters. The third-order valence-electron chi connectivity index (χ3n) is 5.51. The summed E-state index contributed by atoms with van der Waals surface area (Å²) >= 11 is 1.93. The highest BCUT2D eigenvalue weighted by atomic mass is 127. The summed E-state index contributed by atoms with van der Waals surface area (Å²) in [6.45, 7) is 2.56. The van der Waals surface area contributed by atoms with Crippen molar-refractivity contribution in [3.8, 4) is 0 Å². The number of aromatic nitrogens is 2. The van der Waals surface area contributed by atoms with Crippen molar-refractivity contribution in [3.63, 3.8) is 0 Å². The van der Waals surface area contributed by atoms with Crippen LogP contribution in [-0.4, -0.2) is 40.6 Å². The second-order valence-electron chi connectivity index (χ2n) is 7.29. The van der Waals surface area contributed by atoms with Crippen molar-refractivity contribution >= 4 is 28.5 Å². The second kappa shape index (κ2) is 7.66. The number of fused-ring (bicyclic) bond motifs is 1. The quantitative estimate of drug-likeness (QED) is 0.614. The largest absolute Gasteiger partial charge is 0.416 e. The van der Waals surface area contributed by atoms with Gasteiger partial charge in [-0.05, 0) is 78.1 Å². The third-order valence-corrected chi connectivity index (χ3v) is 6.13. The van der Waals surface area contributed by atoms with E-state index in [1.165, 1.54) is 6.07 Å². The Hall–Kier alpha value is -1.62. The number of aromatic amines is 1. The monoisotopic (exact) mass is 504 g/mol. The molecular weight excluding hydrogens is 484 g/mol. The van der Waals surface area contributed by atoms with Crippen molar-refractivity contribution < 1.29 is 18.0 Å². The molecule has 1 saturated heterocycles. The molecule has 0 radical (unpaired) electrons. The van der Waals surface area contributed by atoms with Crippen LogP contribution in [0.3, 0.4) is 0 Å². The Kier molecular flexibility index (Phi) is 5.38. The average Bonchev–Trinajstić information content (AvgIpc) is 3.10. The van der Waals surface area contributed by atoms with Crippen LogP contribution >= 0.6 is 22.6 Å². The molecule has 0 bridgehead atoms. The molecule has 1 fully saturated rings. The lowest BCUT2D eigenvalue weighted by molar-refractivity contribution is -0.137. The Morgan fingerprint density at radius 1 is 1.21 bits per heavy atom. The Bertz CT molecular complexity index is 888. The maximum Gasteiger partial charge on any atom is 0.416 e. The molecule has 3 heterocycles. The molecule has 0 saturated carbocycles. The van der Waals surface area contributed by atoms with Crippen molar-refractivity contribution in [2.75, 3.05) is 19.6 Å². The molecule has 9 heteroatoms. The zero-order valence-electron chi connectivity index (χ0n) is 15.1. The molecule has 0 spiro atoms. The minimum atomic E-state index is -4.35. The first-order valence-corrected chi connectivity index (χ1v) is 10.3. The minimum Gasteiger partial charge on any atom is -0.337 e. The third kappa shape index (κ3) is 3.91. The first-order valence-electron chi connectivity index (χ1n) is 9.26. The van der Waals surface area contributed by atoms with Crippen molar-refractivity contribution in [3.05, 3.63) is 49.8 Å². The maximum absolute atomic E-state index is 13.1. The minimum absolute atomic E-state index is 0.0252. The van der Waals surface area contributed by atoms with Crippen LogP contribution in [-0.2, 0) is 19.1 Å². The van der Waals surface area contributed by atoms with Gasteiger partial charge in [-0.1, -0.05) is 0 Å². The fraction of sp³-hybridized carbons (Fsp3) is 0.474. The predicted molar refractivity (Wildman–Crippen MR) is 106 cm³/mol. The van der Waals surface area contributed by atoms with E-state index in [0.29, 0.717) is 47.3 Å². The molecular formula is C19H20F3IN4O. The van der Waals surface area contributed by atoms with E-state index < -0.39 is 11.7 Å². The van der Waals surface area contributed by atoms with Crippen LogP contribution in [0.4, 0.5) is 13.2 Å². The molecule has 0 aliphatic carbocycles. The van der Waals surface area contributed by atoms with Crippen LogP contribution in [0, 0.1) is 3.57 Å². The van der Waals surface area contributed by atoms with Gasteiger partial charge < -0.3 is 10.2 Å². The topological polar surface area (TPSA) is 61.0 Å². The number of hydrogen-bond acceptors (Lipinski definition) is 3. The molecule has 2 N–H and O–H groups in total. The van der Waals surface area contributed by atoms with Gasteiger partial charge in [-0.15, -0.1) is 0 Å². The number of amides is 1. The SMILES string of the molecule is O=C(c1n[nH]c2c1CCNC2)N1CCC(c2cc(I)cc(C(F)(F)F)c2)CC1. The van der Waals surface area contributed by atoms with Gasteiger partial charge in [0.1, 0.15) is 0 Å². The lowest BCUT2D eigenvalue weighted by atomic mass is 9.88. The molecule has 1 aromatic heterocycles. The number of nitrogens with zero attached hydrogens (tertiary/aromatic N) is 2. The normalized spacial score (nSPS) is 18.2. The van der Waals surface area contributed by atoms with Gasteiger partial charge in [0.05, 0.1) is 11.3 Å². The Balaban J connectivity index is 1.46. The van der Waals surface area contributed by atoms with Gasteiger partial charge in [0, 0.05) is 28.8 Å². The molecule has 2 aliphatic heterocycles. The number of likely N-dealkylation sites (tertiary alicyclic amines) is 1. The maximum atomic E-state index is 13.1. The van der Waals surface area contributed by atoms with Gasteiger partial charge in [0.2, 0.25) is 0 Å². The summed E-state index contributed by atoms with van der Waals surface area (Å²) in [5.74, 6) is -0.0614. The van der Waals surface area contributed by atoms with Gasteiger partial charge in [0.15, 0.2) is 5.69 Å². The second-order valence-corrected chi connectivity index (χ2v) is 8.54. The fourth-order valence-corrected chi connectivity index (χ4v) is 4.69. The lowest BCUT2D eigenvalue weighted by Gasteiger charge is -2.32. The van der Waals surface area contributed by atoms with E-state index in [4.69, 9.17) is 0 Å². The molecule has 5 nitrogen and oxygen atoms in total. The molecule has 2 aliphatic rings. The number of alkyl halides is 3. The number of H-pyrrole nitrogens is 1. The van der Waals surface area contributed by atoms with E-state index in [9.17, 15) is 18.0 Å². The lowest BCUT2D eigenvalue weighted by Crippen LogP contribution is -2.39. The highest BCUT2D eigenvalue weighted by Gasteiger charge is 2.33. The van der Waals surface area contributed by atoms with Crippen molar-refractivity contribution in [2.45, 2.75) is 37.9 Å². The number of halogens is 4. The molecule has 150 valence electrons. The van der Waals surface area contributed by atoms with Crippen LogP contribution in [0.1, 0.15) is 51.6 Å². The number of carbonyl (C=O) groups excluding carboxylic acids is 1. The van der Waals surface area contributed by atoms with Crippen molar-refractivity contribution in [2.24, 2.45) is 0 Å². The van der Waals surface area contributed by atoms with Crippen molar-refractivity contribution in [1.29, 1.82) is 0 Å². The number of benzene rings is 1. The molecule has 1 amide bonds. The molecule has 4 rings (SSSR count). The smallest absolute Gasteiger partial charge is 0.337 e. The van der Waals surface area contributed by atoms with Crippen LogP contribution in [0.15, 0.2) is 18.2 Å². The Labute approximate surface area is 174 Å². The van der Waals surface area contributed by atoms with Crippen LogP contribution in [0.2, 0.25) is 0 Å². The fourth-order valence-electron chi connectivity index (χ4n) is 4.00. The van der Waals surface area contributed by atoms with Crippen LogP contribution in [0.5, 0.6) is 0 Å². The average molecular weight is 504 g/mol. The number of nitrogens with one attached hydrogen (secondary N) is 2. The first-order chi connectivity index (χ1) is 13.3. The van der Waals surface area contributed by atoms with Gasteiger partial charge in [0.25, 0.3) is 5.91 Å². The number of rotatable bonds is 2. The summed E-state index contributed by atoms with van der Waals surface area (Å²) in [5.41, 5.74) is 2.53. The van der Waals surface area contributed by atoms with Gasteiger partial charge in [-0.25, -0.2) is 0 Å². The van der Waals surface area contributed by atoms with Gasteiger partial charge in [-0.2, -0.15) is 18.3 Å². The summed E-state index contributed by atoms with van der Waals surface area (Å²) in [4.78, 5) is 14.7. The van der Waals surface area contributed by atoms with E-state index >= 15 is 0 Å². The van der Waals surface area contributed by atoms with E-state index in [1.807, 2.05) is 28.7 Å². The summed E-state index contributed by atoms with van der Waals surface area (Å²) < 4.78 is 39.9. The number of piperidine rings is 1. The van der Waals surface area contributed by atoms with E-state index in [2.05, 4.69) is 15.5 Å². The zero-order valence-corrected chi connectivity index (χ0v) is 17.2. The standard InChI is InChI=1S/C19H20F3IN4O/c20-19(21,22)13-7-12(8-14(23)9-13)11-2-5-27(6-3-11)18(28)17-15-1-4-24-10-16(15)25-26-17/h7-9,11,24H,1-6,10H2,(H,25,26). The van der Waals surface area contributed by atoms with Crippen LogP contribution < -0.4 is 5.32 Å². The Morgan fingerprint density at radius 3 is 2.68 bits per heavy atom. The highest BCUT2D eigenvalue weighted by molar-refractivity contribution is 14.1. The predicted octanol–water partition coefficient (Wildman–Crippen LogP) is 3.70. The summed E-state index contributed by atoms with van der Waals surface area (Å²) in [5, 5.41) is 10.4. The summed E-state index contributed by atoms with van der Waals surface area (Å²) in [6, 6.07) is 4.23. The van der Waals surface area contributed by atoms with E-state index in [-0.39, 0.29) is 11.8 Å². The first kappa shape index (κ1) is 19.7. The van der Waals surface area contributed by atoms with Crippen LogP contribution in [0.25, 0.3) is 0 Å². The van der Waals surface area contributed by atoms with E-state index in [1.54, 1.807) is 4.90 Å². The van der Waals surface area contributed by atoms with E-state index in [0.717, 1.165) is 30.3 Å². The zero-order chi connectivity index (χ0) is 19.9. The van der Waals surface area contributed by atoms with Crippen molar-refractivity contribution in [1.82, 2.24) is 20.4 Å². The number of carbonyl (C=O) groups is 1. The number of hydrogen-bond donors (Lipinski definition) is 2. The molecule has 0 unspecified atom stereocenters. The molecule has 1 aromatic carbocycles. The molecule has 2 aromatic rings.